The molecule has 1 spiro atoms. The summed E-state index contributed by atoms with van der Waals surface area (Å²) in [6.45, 7) is 7.49. The molecule has 1 unspecified atom stereocenters. The molecule has 0 bridgehead atoms. The lowest BCUT2D eigenvalue weighted by molar-refractivity contribution is -0.125. The Bertz CT molecular complexity index is 323. The third kappa shape index (κ3) is 4.20. The van der Waals surface area contributed by atoms with Crippen molar-refractivity contribution in [3.63, 3.8) is 0 Å². The second-order valence-electron chi connectivity index (χ2n) is 7.04. The summed E-state index contributed by atoms with van der Waals surface area (Å²) in [5.41, 5.74) is 0.170. The molecule has 1 saturated carbocycles. The van der Waals surface area contributed by atoms with Crippen LogP contribution in [0.25, 0.3) is 0 Å². The van der Waals surface area contributed by atoms with Crippen molar-refractivity contribution >= 4 is 0 Å². The molecule has 1 aliphatic carbocycles. The number of hydrogen-bond donors (Lipinski definition) is 0. The molecule has 2 fully saturated rings. The molecule has 114 valence electrons. The average Bonchev–Trinajstić information content (AvgIpc) is 2.44. The molecule has 0 aromatic heterocycles. The van der Waals surface area contributed by atoms with Gasteiger partial charge in [-0.05, 0) is 31.6 Å². The molecule has 0 amide bonds. The minimum Gasteiger partial charge on any atom is -0.375 e. The molecule has 0 aromatic carbocycles. The summed E-state index contributed by atoms with van der Waals surface area (Å²) >= 11 is 0. The van der Waals surface area contributed by atoms with Gasteiger partial charge in [0.25, 0.3) is 0 Å². The molecule has 3 nitrogen and oxygen atoms in total. The van der Waals surface area contributed by atoms with Crippen molar-refractivity contribution < 1.29 is 4.74 Å². The highest BCUT2D eigenvalue weighted by Crippen LogP contribution is 2.39. The van der Waals surface area contributed by atoms with Gasteiger partial charge in [-0.1, -0.05) is 33.1 Å². The molecular weight excluding hydrogens is 248 g/mol. The van der Waals surface area contributed by atoms with Gasteiger partial charge in [-0.25, -0.2) is 0 Å². The van der Waals surface area contributed by atoms with Crippen molar-refractivity contribution in [2.45, 2.75) is 76.9 Å². The molecule has 1 heterocycles. The zero-order valence-electron chi connectivity index (χ0n) is 13.2. The monoisotopic (exact) mass is 278 g/mol. The summed E-state index contributed by atoms with van der Waals surface area (Å²) in [6, 6.07) is 2.93. The van der Waals surface area contributed by atoms with Gasteiger partial charge >= 0.3 is 0 Å². The van der Waals surface area contributed by atoms with Crippen LogP contribution in [0.5, 0.6) is 0 Å². The van der Waals surface area contributed by atoms with E-state index >= 15 is 0 Å². The Balaban J connectivity index is 1.98. The molecule has 1 saturated heterocycles. The Hall–Kier alpha value is -0.590. The van der Waals surface area contributed by atoms with Crippen molar-refractivity contribution in [1.29, 1.82) is 5.26 Å². The third-order valence-corrected chi connectivity index (χ3v) is 4.86. The number of ether oxygens (including phenoxy) is 1. The summed E-state index contributed by atoms with van der Waals surface area (Å²) in [5, 5.41) is 8.89. The van der Waals surface area contributed by atoms with Gasteiger partial charge in [0.2, 0.25) is 0 Å². The number of rotatable bonds is 5. The maximum Gasteiger partial charge on any atom is 0.0697 e. The minimum absolute atomic E-state index is 0.170. The second-order valence-corrected chi connectivity index (χ2v) is 7.04. The van der Waals surface area contributed by atoms with Crippen LogP contribution < -0.4 is 0 Å². The summed E-state index contributed by atoms with van der Waals surface area (Å²) in [5.74, 6) is 0.666. The molecule has 3 heteroatoms. The Kier molecular flexibility index (Phi) is 5.86. The van der Waals surface area contributed by atoms with Crippen LogP contribution in [-0.2, 0) is 4.74 Å². The van der Waals surface area contributed by atoms with E-state index in [1.165, 1.54) is 38.5 Å². The van der Waals surface area contributed by atoms with Crippen molar-refractivity contribution in [2.24, 2.45) is 5.92 Å². The predicted octanol–water partition coefficient (Wildman–Crippen LogP) is 3.74. The van der Waals surface area contributed by atoms with Crippen molar-refractivity contribution in [1.82, 2.24) is 4.90 Å². The Morgan fingerprint density at radius 1 is 1.30 bits per heavy atom. The quantitative estimate of drug-likeness (QED) is 0.768. The number of hydrogen-bond acceptors (Lipinski definition) is 3. The van der Waals surface area contributed by atoms with E-state index in [2.05, 4.69) is 24.8 Å². The van der Waals surface area contributed by atoms with Gasteiger partial charge < -0.3 is 4.74 Å². The topological polar surface area (TPSA) is 36.3 Å². The van der Waals surface area contributed by atoms with Gasteiger partial charge in [0.15, 0.2) is 0 Å². The maximum atomic E-state index is 8.89. The average molecular weight is 278 g/mol. The van der Waals surface area contributed by atoms with Crippen LogP contribution >= 0.6 is 0 Å². The Morgan fingerprint density at radius 3 is 2.70 bits per heavy atom. The van der Waals surface area contributed by atoms with E-state index in [4.69, 9.17) is 10.00 Å². The SMILES string of the molecule is CC(C)CN(CCC#N)C1CCOC2(CCCCC2)C1. The van der Waals surface area contributed by atoms with E-state index in [0.717, 1.165) is 26.1 Å². The zero-order valence-corrected chi connectivity index (χ0v) is 13.2. The van der Waals surface area contributed by atoms with Crippen molar-refractivity contribution in [2.75, 3.05) is 19.7 Å². The summed E-state index contributed by atoms with van der Waals surface area (Å²) < 4.78 is 6.20. The van der Waals surface area contributed by atoms with Crippen LogP contribution in [0.4, 0.5) is 0 Å². The smallest absolute Gasteiger partial charge is 0.0697 e. The van der Waals surface area contributed by atoms with Gasteiger partial charge in [0, 0.05) is 32.2 Å². The van der Waals surface area contributed by atoms with E-state index in [9.17, 15) is 0 Å². The molecule has 1 aliphatic heterocycles. The maximum absolute atomic E-state index is 8.89. The third-order valence-electron chi connectivity index (χ3n) is 4.86. The lowest BCUT2D eigenvalue weighted by Crippen LogP contribution is -2.50. The fourth-order valence-corrected chi connectivity index (χ4v) is 3.94. The van der Waals surface area contributed by atoms with Crippen LogP contribution in [0.1, 0.15) is 65.2 Å². The van der Waals surface area contributed by atoms with E-state index in [0.29, 0.717) is 18.4 Å². The standard InChI is InChI=1S/C17H30N2O/c1-15(2)14-19(11-6-10-18)16-7-12-20-17(13-16)8-4-3-5-9-17/h15-16H,3-9,11-14H2,1-2H3. The van der Waals surface area contributed by atoms with Crippen molar-refractivity contribution in [3.05, 3.63) is 0 Å². The van der Waals surface area contributed by atoms with Crippen molar-refractivity contribution in [3.8, 4) is 6.07 Å². The molecule has 0 aromatic rings. The van der Waals surface area contributed by atoms with E-state index < -0.39 is 0 Å². The Morgan fingerprint density at radius 2 is 2.05 bits per heavy atom. The second kappa shape index (κ2) is 7.43. The first-order valence-corrected chi connectivity index (χ1v) is 8.40. The normalized spacial score (nSPS) is 26.1. The van der Waals surface area contributed by atoms with Gasteiger partial charge in [-0.2, -0.15) is 5.26 Å². The highest BCUT2D eigenvalue weighted by Gasteiger charge is 2.40. The molecule has 2 aliphatic rings. The fraction of sp³-hybridized carbons (Fsp3) is 0.941. The molecule has 1 atom stereocenters. The van der Waals surface area contributed by atoms with Crippen LogP contribution in [0.3, 0.4) is 0 Å². The molecule has 0 N–H and O–H groups in total. The molecule has 2 rings (SSSR count). The summed E-state index contributed by atoms with van der Waals surface area (Å²) in [7, 11) is 0. The number of nitriles is 1. The first kappa shape index (κ1) is 15.8. The van der Waals surface area contributed by atoms with E-state index in [1.54, 1.807) is 0 Å². The lowest BCUT2D eigenvalue weighted by atomic mass is 9.78. The Labute approximate surface area is 124 Å². The van der Waals surface area contributed by atoms with Crippen LogP contribution in [0.2, 0.25) is 0 Å². The summed E-state index contributed by atoms with van der Waals surface area (Å²) in [6.07, 6.45) is 9.50. The van der Waals surface area contributed by atoms with Gasteiger partial charge in [-0.15, -0.1) is 0 Å². The zero-order chi connectivity index (χ0) is 14.4. The highest BCUT2D eigenvalue weighted by atomic mass is 16.5. The summed E-state index contributed by atoms with van der Waals surface area (Å²) in [4.78, 5) is 2.56. The molecule has 20 heavy (non-hydrogen) atoms. The van der Waals surface area contributed by atoms with E-state index in [1.807, 2.05) is 0 Å². The number of nitrogens with zero attached hydrogens (tertiary/aromatic N) is 2. The van der Waals surface area contributed by atoms with Gasteiger partial charge in [-0.3, -0.25) is 4.90 Å². The van der Waals surface area contributed by atoms with Crippen LogP contribution in [0, 0.1) is 17.2 Å². The first-order chi connectivity index (χ1) is 9.65. The van der Waals surface area contributed by atoms with Crippen LogP contribution in [-0.4, -0.2) is 36.2 Å². The molecule has 0 radical (unpaired) electrons. The van der Waals surface area contributed by atoms with Crippen LogP contribution in [0.15, 0.2) is 0 Å². The first-order valence-electron chi connectivity index (χ1n) is 8.40. The van der Waals surface area contributed by atoms with E-state index in [-0.39, 0.29) is 5.60 Å². The fourth-order valence-electron chi connectivity index (χ4n) is 3.94. The van der Waals surface area contributed by atoms with Gasteiger partial charge in [0.05, 0.1) is 11.7 Å². The molecular formula is C17H30N2O. The highest BCUT2D eigenvalue weighted by molar-refractivity contribution is 4.93. The lowest BCUT2D eigenvalue weighted by Gasteiger charge is -2.47. The van der Waals surface area contributed by atoms with Gasteiger partial charge in [0.1, 0.15) is 0 Å². The predicted molar refractivity (Wildman–Crippen MR) is 81.4 cm³/mol. The largest absolute Gasteiger partial charge is 0.375 e. The minimum atomic E-state index is 0.170.